The van der Waals surface area contributed by atoms with Crippen LogP contribution in [0.2, 0.25) is 0 Å². The van der Waals surface area contributed by atoms with Crippen LogP contribution in [0.15, 0.2) is 262 Å². The molecule has 5 aromatic carbocycles. The first-order valence-corrected chi connectivity index (χ1v) is 32.7. The lowest BCUT2D eigenvalue weighted by Gasteiger charge is -2.10. The smallest absolute Gasteiger partial charge is 0.255 e. The molecule has 0 unspecified atom stereocenters. The molecule has 18 rings (SSSR count). The number of benzene rings is 5. The third kappa shape index (κ3) is 10.7. The molecule has 0 saturated carbocycles. The van der Waals surface area contributed by atoms with Gasteiger partial charge in [0.25, 0.3) is 5.91 Å². The summed E-state index contributed by atoms with van der Waals surface area (Å²) in [5.41, 5.74) is 29.7. The van der Waals surface area contributed by atoms with Gasteiger partial charge >= 0.3 is 0 Å². The minimum absolute atomic E-state index is 0.258. The van der Waals surface area contributed by atoms with Gasteiger partial charge in [0.15, 0.2) is 0 Å². The van der Waals surface area contributed by atoms with Gasteiger partial charge in [-0.05, 0) is 202 Å². The SMILES string of the molecule is O=C(Nc1ccc(-c2c3nc(c(-c4ccncc4)c4ccc([nH]4)c(-c4ccncc4)c4nc(c(-c5ccncc5)c5ccc2[nH]5)C=C4)C=C3)cc1)c1ccc(-c2c3nc(c(-c4ccccc4)c4ccc([nH]4)c(-c4ccccc4)c4nc(c(-c5ccccc5)c5ccc2[nH]5)C=C4)C=C3)cc1. The number of carbonyl (C=O) groups is 1. The highest BCUT2D eigenvalue weighted by Gasteiger charge is 2.23. The number of hydrogen-bond acceptors (Lipinski definition) is 8. The highest BCUT2D eigenvalue weighted by Crippen LogP contribution is 2.42. The van der Waals surface area contributed by atoms with Gasteiger partial charge in [0.2, 0.25) is 0 Å². The highest BCUT2D eigenvalue weighted by molar-refractivity contribution is 6.07. The Morgan fingerprint density at radius 2 is 0.444 bits per heavy atom. The summed E-state index contributed by atoms with van der Waals surface area (Å²) in [7, 11) is 0. The molecule has 13 heterocycles. The fraction of sp³-hybridized carbons (Fsp3) is 0. The van der Waals surface area contributed by atoms with Crippen molar-refractivity contribution >= 4 is 104 Å². The van der Waals surface area contributed by atoms with Crippen molar-refractivity contribution in [3.05, 3.63) is 313 Å². The summed E-state index contributed by atoms with van der Waals surface area (Å²) < 4.78 is 0. The van der Waals surface area contributed by atoms with E-state index in [4.69, 9.17) is 19.9 Å². The van der Waals surface area contributed by atoms with Crippen LogP contribution in [0.1, 0.15) is 55.9 Å². The van der Waals surface area contributed by atoms with Crippen LogP contribution in [0.4, 0.5) is 5.69 Å². The topological polar surface area (TPSA) is 182 Å². The predicted molar refractivity (Wildman–Crippen MR) is 403 cm³/mol. The van der Waals surface area contributed by atoms with Crippen LogP contribution >= 0.6 is 0 Å². The van der Waals surface area contributed by atoms with E-state index in [0.717, 1.165) is 179 Å². The van der Waals surface area contributed by atoms with E-state index in [1.54, 1.807) is 37.2 Å². The number of amides is 1. The maximum absolute atomic E-state index is 14.6. The number of pyridine rings is 3. The predicted octanol–water partition coefficient (Wildman–Crippen LogP) is 20.4. The van der Waals surface area contributed by atoms with Crippen molar-refractivity contribution in [2.24, 2.45) is 0 Å². The van der Waals surface area contributed by atoms with Gasteiger partial charge in [0, 0.05) is 137 Å². The summed E-state index contributed by atoms with van der Waals surface area (Å²) in [6, 6.07) is 75.9. The van der Waals surface area contributed by atoms with Gasteiger partial charge in [-0.15, -0.1) is 0 Å². The molecule has 4 aliphatic heterocycles. The van der Waals surface area contributed by atoms with Crippen LogP contribution in [-0.2, 0) is 0 Å². The number of hydrogen-bond donors (Lipinski definition) is 5. The zero-order valence-corrected chi connectivity index (χ0v) is 53.0. The number of nitrogens with one attached hydrogen (secondary N) is 5. The van der Waals surface area contributed by atoms with Crippen molar-refractivity contribution < 1.29 is 4.79 Å². The van der Waals surface area contributed by atoms with Gasteiger partial charge in [0.1, 0.15) is 0 Å². The maximum atomic E-state index is 14.6. The number of aromatic amines is 4. The molecule has 13 heteroatoms. The number of fused-ring (bicyclic) bond motifs is 16. The second-order valence-electron chi connectivity index (χ2n) is 24.4. The van der Waals surface area contributed by atoms with E-state index < -0.39 is 0 Å². The monoisotopic (exact) mass is 1270 g/mol. The van der Waals surface area contributed by atoms with Gasteiger partial charge in [-0.1, -0.05) is 115 Å². The molecule has 14 aromatic rings. The molecule has 13 nitrogen and oxygen atoms in total. The van der Waals surface area contributed by atoms with E-state index in [9.17, 15) is 4.79 Å². The minimum atomic E-state index is -0.258. The Bertz CT molecular complexity index is 5960. The molecule has 9 aromatic heterocycles. The lowest BCUT2D eigenvalue weighted by molar-refractivity contribution is 0.102. The fourth-order valence-electron chi connectivity index (χ4n) is 13.9. The van der Waals surface area contributed by atoms with Crippen molar-refractivity contribution in [3.8, 4) is 89.0 Å². The average Bonchev–Trinajstić information content (AvgIpc) is 1.64. The number of H-pyrrole nitrogens is 4. The molecule has 466 valence electrons. The van der Waals surface area contributed by atoms with Crippen molar-refractivity contribution in [1.82, 2.24) is 54.8 Å². The molecule has 0 radical (unpaired) electrons. The van der Waals surface area contributed by atoms with Crippen molar-refractivity contribution in [3.63, 3.8) is 0 Å². The van der Waals surface area contributed by atoms with Gasteiger partial charge in [-0.2, -0.15) is 0 Å². The fourth-order valence-corrected chi connectivity index (χ4v) is 13.9. The average molecular weight is 1270 g/mol. The van der Waals surface area contributed by atoms with Gasteiger partial charge in [-0.25, -0.2) is 19.9 Å². The van der Waals surface area contributed by atoms with Gasteiger partial charge < -0.3 is 25.3 Å². The Morgan fingerprint density at radius 3 is 0.687 bits per heavy atom. The van der Waals surface area contributed by atoms with Gasteiger partial charge in [0.05, 0.1) is 45.6 Å². The Morgan fingerprint density at radius 1 is 0.232 bits per heavy atom. The van der Waals surface area contributed by atoms with E-state index in [-0.39, 0.29) is 5.91 Å². The first kappa shape index (κ1) is 57.8. The second-order valence-corrected chi connectivity index (χ2v) is 24.4. The summed E-state index contributed by atoms with van der Waals surface area (Å²) in [5, 5.41) is 3.21. The van der Waals surface area contributed by atoms with Crippen LogP contribution in [0.5, 0.6) is 0 Å². The third-order valence-corrected chi connectivity index (χ3v) is 18.5. The summed E-state index contributed by atoms with van der Waals surface area (Å²) >= 11 is 0. The zero-order valence-electron chi connectivity index (χ0n) is 53.0. The van der Waals surface area contributed by atoms with E-state index >= 15 is 0 Å². The summed E-state index contributed by atoms with van der Waals surface area (Å²) in [6.45, 7) is 0. The molecule has 4 aliphatic rings. The normalized spacial score (nSPS) is 12.1. The quantitative estimate of drug-likeness (QED) is 0.0896. The molecule has 16 bridgehead atoms. The Kier molecular flexibility index (Phi) is 14.3. The number of rotatable bonds is 10. The minimum Gasteiger partial charge on any atom is -0.354 e. The number of nitrogens with zero attached hydrogens (tertiary/aromatic N) is 7. The van der Waals surface area contributed by atoms with Crippen LogP contribution in [0, 0.1) is 0 Å². The largest absolute Gasteiger partial charge is 0.354 e. The van der Waals surface area contributed by atoms with E-state index in [2.05, 4.69) is 210 Å². The van der Waals surface area contributed by atoms with Crippen molar-refractivity contribution in [1.29, 1.82) is 0 Å². The molecule has 0 saturated heterocycles. The molecule has 0 fully saturated rings. The highest BCUT2D eigenvalue weighted by atomic mass is 16.1. The van der Waals surface area contributed by atoms with Crippen LogP contribution < -0.4 is 5.32 Å². The summed E-state index contributed by atoms with van der Waals surface area (Å²) in [6.07, 6.45) is 27.5. The summed E-state index contributed by atoms with van der Waals surface area (Å²) in [4.78, 5) is 64.8. The van der Waals surface area contributed by atoms with Gasteiger partial charge in [-0.3, -0.25) is 19.7 Å². The van der Waals surface area contributed by atoms with E-state index in [1.165, 1.54) is 0 Å². The lowest BCUT2D eigenvalue weighted by atomic mass is 10.0. The molecule has 0 aliphatic carbocycles. The number of carbonyl (C=O) groups excluding carboxylic acids is 1. The molecule has 1 amide bonds. The Balaban J connectivity index is 0.745. The second kappa shape index (κ2) is 24.5. The number of aromatic nitrogens is 11. The third-order valence-electron chi connectivity index (χ3n) is 18.5. The first-order chi connectivity index (χ1) is 49.0. The maximum Gasteiger partial charge on any atom is 0.255 e. The van der Waals surface area contributed by atoms with Crippen molar-refractivity contribution in [2.75, 3.05) is 5.32 Å². The molecule has 0 spiro atoms. The zero-order chi connectivity index (χ0) is 65.8. The molecule has 99 heavy (non-hydrogen) atoms. The van der Waals surface area contributed by atoms with E-state index in [0.29, 0.717) is 11.3 Å². The first-order valence-electron chi connectivity index (χ1n) is 32.7. The lowest BCUT2D eigenvalue weighted by Crippen LogP contribution is -2.11. The van der Waals surface area contributed by atoms with Crippen LogP contribution in [0.3, 0.4) is 0 Å². The van der Waals surface area contributed by atoms with E-state index in [1.807, 2.05) is 103 Å². The van der Waals surface area contributed by atoms with Crippen LogP contribution in [-0.4, -0.2) is 60.7 Å². The Labute approximate surface area is 567 Å². The molecule has 5 N–H and O–H groups in total. The van der Waals surface area contributed by atoms with Crippen molar-refractivity contribution in [2.45, 2.75) is 0 Å². The van der Waals surface area contributed by atoms with Crippen LogP contribution in [0.25, 0.3) is 182 Å². The standard InChI is InChI=1S/C86H56N12O/c99-86(60-18-16-55(17-19-60)81-68-30-28-66(93-68)79(53-12-6-2-7-13-53)64-26-24-62(91-64)78(52-10-4-1-5-11-52)63-25-27-65(92-63)80(54-14-8-3-9-15-54)67-29-31-69(81)94-67)90-61-22-20-56(21-23-61)82-70-32-34-72(95-70)83(57-40-46-87-47-41-57)74-36-38-76(97-74)85(59-44-50-89-51-45-59)77-39-37-75(98-77)84(58-42-48-88-49-43-58)73-35-33-71(82)96-73/h1-51,91,94-95,98H,(H,90,99). The summed E-state index contributed by atoms with van der Waals surface area (Å²) in [5.74, 6) is -0.258. The molecular weight excluding hydrogens is 1220 g/mol. The Hall–Kier alpha value is -13.8. The molecular formula is C86H56N12O. The number of anilines is 1. The molecule has 0 atom stereocenters.